The van der Waals surface area contributed by atoms with E-state index in [4.69, 9.17) is 21.3 Å². The van der Waals surface area contributed by atoms with Crippen LogP contribution in [0, 0.1) is 31.5 Å². The number of aromatic nitrogens is 1. The van der Waals surface area contributed by atoms with Crippen LogP contribution in [-0.4, -0.2) is 53.7 Å². The molecule has 42 heavy (non-hydrogen) atoms. The second-order valence-corrected chi connectivity index (χ2v) is 11.5. The van der Waals surface area contributed by atoms with Crippen LogP contribution in [0.2, 0.25) is 5.02 Å². The average Bonchev–Trinajstić information content (AvgIpc) is 2.98. The number of terminal acetylenes is 1. The summed E-state index contributed by atoms with van der Waals surface area (Å²) < 4.78 is 19.9. The highest BCUT2D eigenvalue weighted by molar-refractivity contribution is 6.30. The van der Waals surface area contributed by atoms with Gasteiger partial charge >= 0.3 is 5.97 Å². The van der Waals surface area contributed by atoms with Crippen molar-refractivity contribution in [2.45, 2.75) is 51.6 Å². The van der Waals surface area contributed by atoms with Crippen molar-refractivity contribution >= 4 is 23.3 Å². The van der Waals surface area contributed by atoms with Crippen LogP contribution in [0.4, 0.5) is 10.1 Å². The molecular formula is C34H39ClFN3O3. The van der Waals surface area contributed by atoms with E-state index in [1.54, 1.807) is 18.2 Å². The maximum Gasteiger partial charge on any atom is 0.335 e. The maximum absolute atomic E-state index is 14.1. The predicted octanol–water partition coefficient (Wildman–Crippen LogP) is 7.20. The van der Waals surface area contributed by atoms with Crippen molar-refractivity contribution in [2.75, 3.05) is 37.6 Å². The normalized spacial score (nSPS) is 15.7. The molecule has 3 aromatic rings. The highest BCUT2D eigenvalue weighted by Crippen LogP contribution is 2.32. The molecular weight excluding hydrogens is 553 g/mol. The molecule has 0 bridgehead atoms. The number of rotatable bonds is 11. The van der Waals surface area contributed by atoms with E-state index >= 15 is 0 Å². The van der Waals surface area contributed by atoms with Crippen molar-refractivity contribution in [3.63, 3.8) is 0 Å². The Balaban J connectivity index is 0.00000198. The second kappa shape index (κ2) is 15.0. The van der Waals surface area contributed by atoms with Gasteiger partial charge in [0.2, 0.25) is 5.88 Å². The van der Waals surface area contributed by atoms with Crippen molar-refractivity contribution in [3.05, 3.63) is 87.8 Å². The molecule has 0 amide bonds. The number of pyridine rings is 1. The minimum Gasteiger partial charge on any atom is -0.478 e. The van der Waals surface area contributed by atoms with E-state index in [2.05, 4.69) is 35.6 Å². The van der Waals surface area contributed by atoms with Gasteiger partial charge in [0, 0.05) is 53.6 Å². The van der Waals surface area contributed by atoms with Crippen molar-refractivity contribution in [1.29, 1.82) is 0 Å². The smallest absolute Gasteiger partial charge is 0.335 e. The molecule has 0 unspecified atom stereocenters. The molecule has 5 rings (SSSR count). The number of carbonyl (C=O) groups is 1. The molecule has 2 fully saturated rings. The summed E-state index contributed by atoms with van der Waals surface area (Å²) in [6.45, 7) is 6.95. The fraction of sp³-hybridized carbons (Fsp3) is 0.412. The molecule has 1 saturated heterocycles. The van der Waals surface area contributed by atoms with Crippen molar-refractivity contribution in [2.24, 2.45) is 5.92 Å². The molecule has 1 aromatic heterocycles. The second-order valence-electron chi connectivity index (χ2n) is 11.1. The number of aromatic carboxylic acids is 1. The van der Waals surface area contributed by atoms with E-state index in [1.807, 2.05) is 24.3 Å². The summed E-state index contributed by atoms with van der Waals surface area (Å²) in [5.41, 5.74) is 3.97. The Kier molecular flexibility index (Phi) is 11.2. The zero-order valence-electron chi connectivity index (χ0n) is 24.1. The Morgan fingerprint density at radius 3 is 2.55 bits per heavy atom. The Morgan fingerprint density at radius 2 is 1.88 bits per heavy atom. The van der Waals surface area contributed by atoms with Gasteiger partial charge in [0.1, 0.15) is 12.4 Å². The Bertz CT molecular complexity index is 1370. The number of nitrogens with zero attached hydrogens (tertiary/aromatic N) is 3. The quantitative estimate of drug-likeness (QED) is 0.238. The number of carboxylic acid groups (broad SMARTS) is 1. The van der Waals surface area contributed by atoms with Gasteiger partial charge in [-0.15, -0.1) is 12.8 Å². The van der Waals surface area contributed by atoms with Gasteiger partial charge in [0.25, 0.3) is 0 Å². The van der Waals surface area contributed by atoms with Gasteiger partial charge in [-0.05, 0) is 87.5 Å². The Hall–Kier alpha value is -3.60. The molecule has 1 N–H and O–H groups in total. The van der Waals surface area contributed by atoms with Crippen molar-refractivity contribution < 1.29 is 19.0 Å². The summed E-state index contributed by atoms with van der Waals surface area (Å²) >= 11 is 5.85. The third-order valence-corrected chi connectivity index (χ3v) is 8.56. The van der Waals surface area contributed by atoms with Gasteiger partial charge in [-0.25, -0.2) is 14.2 Å². The van der Waals surface area contributed by atoms with Crippen LogP contribution in [-0.2, 0) is 6.61 Å². The first-order valence-corrected chi connectivity index (χ1v) is 14.9. The van der Waals surface area contributed by atoms with Crippen LogP contribution in [0.5, 0.6) is 5.88 Å². The highest BCUT2D eigenvalue weighted by Gasteiger charge is 2.25. The van der Waals surface area contributed by atoms with Gasteiger partial charge in [-0.3, -0.25) is 0 Å². The molecule has 6 nitrogen and oxygen atoms in total. The first kappa shape index (κ1) is 31.3. The molecule has 0 radical (unpaired) electrons. The predicted molar refractivity (Wildman–Crippen MR) is 166 cm³/mol. The topological polar surface area (TPSA) is 65.9 Å². The number of halogens is 2. The third kappa shape index (κ3) is 8.24. The zero-order valence-corrected chi connectivity index (χ0v) is 24.9. The van der Waals surface area contributed by atoms with E-state index in [0.29, 0.717) is 33.9 Å². The number of piperidine rings is 1. The van der Waals surface area contributed by atoms with Crippen LogP contribution in [0.1, 0.15) is 65.2 Å². The van der Waals surface area contributed by atoms with E-state index < -0.39 is 5.97 Å². The zero-order chi connectivity index (χ0) is 30.1. The Morgan fingerprint density at radius 1 is 1.12 bits per heavy atom. The molecule has 0 atom stereocenters. The standard InChI is InChI=1S/C32H37ClFN3O3.C2H2/c1-22-8-9-25(32(38)39)18-30(22)37(20-23-4-2-5-23)17-16-36-14-12-24(13-15-36)29-6-3-7-31(35-29)40-21-26-10-11-27(33)19-28(26)34;1-2/h3,6-11,18-19,23-24H,2,4-5,12-17,20-21H2,1H3,(H,38,39);1-2H. The molecule has 1 aliphatic heterocycles. The van der Waals surface area contributed by atoms with Crippen LogP contribution < -0.4 is 9.64 Å². The fourth-order valence-electron chi connectivity index (χ4n) is 5.62. The first-order chi connectivity index (χ1) is 20.4. The molecule has 0 spiro atoms. The van der Waals surface area contributed by atoms with Gasteiger partial charge in [0.05, 0.1) is 5.56 Å². The number of hydrogen-bond donors (Lipinski definition) is 1. The van der Waals surface area contributed by atoms with Gasteiger partial charge in [-0.1, -0.05) is 36.2 Å². The number of hydrogen-bond acceptors (Lipinski definition) is 5. The van der Waals surface area contributed by atoms with E-state index in [1.165, 1.54) is 25.3 Å². The van der Waals surface area contributed by atoms with Crippen LogP contribution in [0.25, 0.3) is 0 Å². The molecule has 2 aliphatic rings. The van der Waals surface area contributed by atoms with Crippen molar-refractivity contribution in [3.8, 4) is 18.7 Å². The first-order valence-electron chi connectivity index (χ1n) is 14.5. The summed E-state index contributed by atoms with van der Waals surface area (Å²) in [7, 11) is 0. The summed E-state index contributed by atoms with van der Waals surface area (Å²) in [5.74, 6) is 0.280. The molecule has 222 valence electrons. The SMILES string of the molecule is C#C.Cc1ccc(C(=O)O)cc1N(CCN1CCC(c2cccc(OCc3ccc(Cl)cc3F)n2)CC1)CC1CCC1. The third-order valence-electron chi connectivity index (χ3n) is 8.33. The lowest BCUT2D eigenvalue weighted by Crippen LogP contribution is -2.42. The van der Waals surface area contributed by atoms with Crippen LogP contribution in [0.3, 0.4) is 0 Å². The minimum absolute atomic E-state index is 0.101. The number of ether oxygens (including phenoxy) is 1. The van der Waals surface area contributed by atoms with Gasteiger partial charge in [-0.2, -0.15) is 0 Å². The van der Waals surface area contributed by atoms with E-state index in [-0.39, 0.29) is 12.4 Å². The van der Waals surface area contributed by atoms with E-state index in [0.717, 1.165) is 62.5 Å². The highest BCUT2D eigenvalue weighted by atomic mass is 35.5. The lowest BCUT2D eigenvalue weighted by Gasteiger charge is -2.37. The molecule has 2 aromatic carbocycles. The number of anilines is 1. The molecule has 2 heterocycles. The van der Waals surface area contributed by atoms with Crippen LogP contribution in [0.15, 0.2) is 54.6 Å². The van der Waals surface area contributed by atoms with Crippen molar-refractivity contribution in [1.82, 2.24) is 9.88 Å². The fourth-order valence-corrected chi connectivity index (χ4v) is 5.78. The summed E-state index contributed by atoms with van der Waals surface area (Å²) in [6.07, 6.45) is 13.8. The van der Waals surface area contributed by atoms with Gasteiger partial charge in [0.15, 0.2) is 0 Å². The average molecular weight is 592 g/mol. The summed E-state index contributed by atoms with van der Waals surface area (Å²) in [5, 5.41) is 9.90. The number of benzene rings is 2. The largest absolute Gasteiger partial charge is 0.478 e. The maximum atomic E-state index is 14.1. The summed E-state index contributed by atoms with van der Waals surface area (Å²) in [6, 6.07) is 15.8. The van der Waals surface area contributed by atoms with Crippen LogP contribution >= 0.6 is 11.6 Å². The number of carboxylic acids is 1. The molecule has 8 heteroatoms. The minimum atomic E-state index is -0.882. The van der Waals surface area contributed by atoms with E-state index in [9.17, 15) is 14.3 Å². The monoisotopic (exact) mass is 591 g/mol. The molecule has 1 aliphatic carbocycles. The number of likely N-dealkylation sites (tertiary alicyclic amines) is 1. The lowest BCUT2D eigenvalue weighted by atomic mass is 9.85. The number of aryl methyl sites for hydroxylation is 1. The lowest BCUT2D eigenvalue weighted by molar-refractivity contribution is 0.0697. The van der Waals surface area contributed by atoms with Gasteiger partial charge < -0.3 is 19.6 Å². The molecule has 1 saturated carbocycles. The Labute approximate surface area is 253 Å². The summed E-state index contributed by atoms with van der Waals surface area (Å²) in [4.78, 5) is 21.3.